The van der Waals surface area contributed by atoms with Gasteiger partial charge < -0.3 is 20.7 Å². The third-order valence-corrected chi connectivity index (χ3v) is 3.04. The van der Waals surface area contributed by atoms with Crippen molar-refractivity contribution in [1.29, 1.82) is 0 Å². The van der Waals surface area contributed by atoms with Crippen molar-refractivity contribution in [2.24, 2.45) is 5.73 Å². The lowest BCUT2D eigenvalue weighted by Crippen LogP contribution is -2.55. The maximum Gasteiger partial charge on any atom is 0.242 e. The molecule has 0 aromatic carbocycles. The van der Waals surface area contributed by atoms with Crippen LogP contribution in [0.1, 0.15) is 26.7 Å². The molecule has 18 heavy (non-hydrogen) atoms. The molecule has 3 N–H and O–H groups in total. The van der Waals surface area contributed by atoms with E-state index in [2.05, 4.69) is 5.32 Å². The molecule has 106 valence electrons. The van der Waals surface area contributed by atoms with Crippen LogP contribution in [0.2, 0.25) is 0 Å². The Morgan fingerprint density at radius 2 is 1.89 bits per heavy atom. The van der Waals surface area contributed by atoms with Gasteiger partial charge in [-0.15, -0.1) is 0 Å². The van der Waals surface area contributed by atoms with Crippen molar-refractivity contribution in [2.45, 2.75) is 32.2 Å². The van der Waals surface area contributed by atoms with Crippen molar-refractivity contribution in [3.05, 3.63) is 0 Å². The number of carbonyl (C=O) groups is 2. The molecule has 0 spiro atoms. The number of likely N-dealkylation sites (N-methyl/N-ethyl adjacent to an activating group) is 1. The number of rotatable bonds is 8. The first-order valence-corrected chi connectivity index (χ1v) is 6.21. The quantitative estimate of drug-likeness (QED) is 0.587. The first-order valence-electron chi connectivity index (χ1n) is 6.21. The minimum Gasteiger partial charge on any atom is -0.383 e. The Balaban J connectivity index is 4.27. The van der Waals surface area contributed by atoms with E-state index in [9.17, 15) is 9.59 Å². The summed E-state index contributed by atoms with van der Waals surface area (Å²) < 4.78 is 4.82. The highest BCUT2D eigenvalue weighted by molar-refractivity contribution is 5.89. The van der Waals surface area contributed by atoms with Crippen molar-refractivity contribution in [2.75, 3.05) is 33.9 Å². The first kappa shape index (κ1) is 16.9. The molecule has 0 radical (unpaired) electrons. The van der Waals surface area contributed by atoms with Crippen LogP contribution >= 0.6 is 0 Å². The number of ether oxygens (including phenoxy) is 1. The van der Waals surface area contributed by atoms with Crippen LogP contribution < -0.4 is 11.1 Å². The maximum absolute atomic E-state index is 12.1. The highest BCUT2D eigenvalue weighted by Gasteiger charge is 2.33. The fraction of sp³-hybridized carbons (Fsp3) is 0.833. The molecular formula is C12H25N3O3. The van der Waals surface area contributed by atoms with Crippen LogP contribution in [0.3, 0.4) is 0 Å². The summed E-state index contributed by atoms with van der Waals surface area (Å²) >= 11 is 0. The Bertz CT molecular complexity index is 278. The average molecular weight is 259 g/mol. The third kappa shape index (κ3) is 5.01. The molecule has 0 rings (SSSR count). The molecule has 0 aliphatic heterocycles. The first-order chi connectivity index (χ1) is 8.41. The summed E-state index contributed by atoms with van der Waals surface area (Å²) in [6.07, 6.45) is 1.11. The second kappa shape index (κ2) is 8.05. The highest BCUT2D eigenvalue weighted by atomic mass is 16.5. The maximum atomic E-state index is 12.1. The molecule has 0 saturated heterocycles. The molecule has 0 aromatic rings. The van der Waals surface area contributed by atoms with Gasteiger partial charge >= 0.3 is 0 Å². The molecule has 0 aromatic heterocycles. The lowest BCUT2D eigenvalue weighted by molar-refractivity contribution is -0.139. The number of nitrogens with two attached hydrogens (primary N) is 1. The Morgan fingerprint density at radius 1 is 1.33 bits per heavy atom. The van der Waals surface area contributed by atoms with E-state index in [0.29, 0.717) is 26.0 Å². The SMILES string of the molecule is CCC(N)(CC)C(=O)N(C)CC(=O)NCCOC. The highest BCUT2D eigenvalue weighted by Crippen LogP contribution is 2.14. The molecule has 0 fully saturated rings. The summed E-state index contributed by atoms with van der Waals surface area (Å²) in [4.78, 5) is 25.0. The molecule has 0 saturated carbocycles. The van der Waals surface area contributed by atoms with Crippen LogP contribution in [0, 0.1) is 0 Å². The number of methoxy groups -OCH3 is 1. The van der Waals surface area contributed by atoms with E-state index in [1.807, 2.05) is 13.8 Å². The number of carbonyl (C=O) groups excluding carboxylic acids is 2. The zero-order chi connectivity index (χ0) is 14.2. The molecule has 0 bridgehead atoms. The van der Waals surface area contributed by atoms with E-state index in [1.165, 1.54) is 4.90 Å². The van der Waals surface area contributed by atoms with Crippen molar-refractivity contribution >= 4 is 11.8 Å². The third-order valence-electron chi connectivity index (χ3n) is 3.04. The molecule has 6 nitrogen and oxygen atoms in total. The van der Waals surface area contributed by atoms with Gasteiger partial charge in [0.15, 0.2) is 0 Å². The number of amides is 2. The lowest BCUT2D eigenvalue weighted by atomic mass is 9.92. The molecule has 0 aliphatic carbocycles. The minimum atomic E-state index is -0.873. The summed E-state index contributed by atoms with van der Waals surface area (Å²) in [7, 11) is 3.15. The molecule has 2 amide bonds. The fourth-order valence-corrected chi connectivity index (χ4v) is 1.57. The smallest absolute Gasteiger partial charge is 0.242 e. The molecular weight excluding hydrogens is 234 g/mol. The Labute approximate surface area is 109 Å². The Kier molecular flexibility index (Phi) is 7.54. The second-order valence-corrected chi connectivity index (χ2v) is 4.37. The van der Waals surface area contributed by atoms with Gasteiger partial charge in [0, 0.05) is 20.7 Å². The van der Waals surface area contributed by atoms with E-state index >= 15 is 0 Å². The monoisotopic (exact) mass is 259 g/mol. The van der Waals surface area contributed by atoms with Gasteiger partial charge in [-0.1, -0.05) is 13.8 Å². The molecule has 0 aliphatic rings. The van der Waals surface area contributed by atoms with Gasteiger partial charge in [0.2, 0.25) is 11.8 Å². The molecule has 0 unspecified atom stereocenters. The average Bonchev–Trinajstić information content (AvgIpc) is 2.37. The van der Waals surface area contributed by atoms with Gasteiger partial charge in [-0.25, -0.2) is 0 Å². The van der Waals surface area contributed by atoms with Gasteiger partial charge in [0.25, 0.3) is 0 Å². The van der Waals surface area contributed by atoms with Crippen molar-refractivity contribution in [1.82, 2.24) is 10.2 Å². The zero-order valence-electron chi connectivity index (χ0n) is 11.8. The molecule has 0 atom stereocenters. The van der Waals surface area contributed by atoms with E-state index in [0.717, 1.165) is 0 Å². The van der Waals surface area contributed by atoms with Gasteiger partial charge in [-0.2, -0.15) is 0 Å². The van der Waals surface area contributed by atoms with Crippen LogP contribution in [0.4, 0.5) is 0 Å². The van der Waals surface area contributed by atoms with Crippen molar-refractivity contribution in [3.63, 3.8) is 0 Å². The van der Waals surface area contributed by atoms with Gasteiger partial charge in [-0.3, -0.25) is 9.59 Å². The standard InChI is InChI=1S/C12H25N3O3/c1-5-12(13,6-2)11(17)15(3)9-10(16)14-7-8-18-4/h5-9,13H2,1-4H3,(H,14,16). The number of nitrogens with one attached hydrogen (secondary N) is 1. The predicted octanol–water partition coefficient (Wildman–Crippen LogP) is -0.275. The lowest BCUT2D eigenvalue weighted by Gasteiger charge is -2.30. The Morgan fingerprint density at radius 3 is 2.33 bits per heavy atom. The summed E-state index contributed by atoms with van der Waals surface area (Å²) in [5.41, 5.74) is 5.12. The van der Waals surface area contributed by atoms with Crippen molar-refractivity contribution in [3.8, 4) is 0 Å². The number of hydrogen-bond donors (Lipinski definition) is 2. The van der Waals surface area contributed by atoms with Gasteiger partial charge in [-0.05, 0) is 12.8 Å². The number of hydrogen-bond acceptors (Lipinski definition) is 4. The van der Waals surface area contributed by atoms with E-state index in [1.54, 1.807) is 14.2 Å². The summed E-state index contributed by atoms with van der Waals surface area (Å²) in [5.74, 6) is -0.410. The molecule has 6 heteroatoms. The van der Waals surface area contributed by atoms with Crippen LogP contribution in [-0.4, -0.2) is 56.1 Å². The summed E-state index contributed by atoms with van der Waals surface area (Å²) in [6.45, 7) is 4.64. The minimum absolute atomic E-state index is 0.0154. The zero-order valence-corrected chi connectivity index (χ0v) is 11.8. The van der Waals surface area contributed by atoms with E-state index < -0.39 is 5.54 Å². The van der Waals surface area contributed by atoms with Crippen LogP contribution in [0.15, 0.2) is 0 Å². The topological polar surface area (TPSA) is 84.7 Å². The van der Waals surface area contributed by atoms with E-state index in [4.69, 9.17) is 10.5 Å². The van der Waals surface area contributed by atoms with Gasteiger partial charge in [0.05, 0.1) is 18.7 Å². The van der Waals surface area contributed by atoms with Crippen LogP contribution in [0.5, 0.6) is 0 Å². The van der Waals surface area contributed by atoms with Crippen LogP contribution in [-0.2, 0) is 14.3 Å². The normalized spacial score (nSPS) is 11.2. The summed E-state index contributed by atoms with van der Waals surface area (Å²) in [6, 6.07) is 0. The predicted molar refractivity (Wildman–Crippen MR) is 70.0 cm³/mol. The Hall–Kier alpha value is -1.14. The largest absolute Gasteiger partial charge is 0.383 e. The van der Waals surface area contributed by atoms with Crippen LogP contribution in [0.25, 0.3) is 0 Å². The fourth-order valence-electron chi connectivity index (χ4n) is 1.57. The second-order valence-electron chi connectivity index (χ2n) is 4.37. The summed E-state index contributed by atoms with van der Waals surface area (Å²) in [5, 5.41) is 2.66. The van der Waals surface area contributed by atoms with Gasteiger partial charge in [0.1, 0.15) is 0 Å². The number of nitrogens with zero attached hydrogens (tertiary/aromatic N) is 1. The van der Waals surface area contributed by atoms with E-state index in [-0.39, 0.29) is 18.4 Å². The molecule has 0 heterocycles. The van der Waals surface area contributed by atoms with Crippen molar-refractivity contribution < 1.29 is 14.3 Å².